The zero-order valence-electron chi connectivity index (χ0n) is 20.3. The van der Waals surface area contributed by atoms with Crippen molar-refractivity contribution in [3.63, 3.8) is 0 Å². The first-order valence-corrected chi connectivity index (χ1v) is 13.6. The predicted octanol–water partition coefficient (Wildman–Crippen LogP) is 5.35. The molecule has 0 aliphatic carbocycles. The average molecular weight is 553 g/mol. The number of carbonyl (C=O) groups is 1. The van der Waals surface area contributed by atoms with E-state index in [1.54, 1.807) is 32.9 Å². The highest BCUT2D eigenvalue weighted by Gasteiger charge is 2.23. The van der Waals surface area contributed by atoms with Crippen molar-refractivity contribution in [2.45, 2.75) is 77.1 Å². The van der Waals surface area contributed by atoms with E-state index in [4.69, 9.17) is 18.4 Å². The fraction of sp³-hybridized carbons (Fsp3) is 0.696. The Labute approximate surface area is 207 Å². The molecule has 1 fully saturated rings. The van der Waals surface area contributed by atoms with Crippen molar-refractivity contribution in [1.29, 1.82) is 0 Å². The molecule has 0 spiro atoms. The molecule has 1 aliphatic rings. The van der Waals surface area contributed by atoms with Gasteiger partial charge in [-0.05, 0) is 70.7 Å². The minimum Gasteiger partial charge on any atom is -0.444 e. The Bertz CT molecular complexity index is 788. The zero-order chi connectivity index (χ0) is 24.9. The van der Waals surface area contributed by atoms with E-state index in [9.17, 15) is 13.2 Å². The lowest BCUT2D eigenvalue weighted by Crippen LogP contribution is -2.40. The molecule has 1 aliphatic heterocycles. The Morgan fingerprint density at radius 1 is 1.12 bits per heavy atom. The first kappa shape index (κ1) is 29.8. The van der Waals surface area contributed by atoms with E-state index < -0.39 is 21.8 Å². The summed E-state index contributed by atoms with van der Waals surface area (Å²) in [6.45, 7) is 10.9. The van der Waals surface area contributed by atoms with Crippen molar-refractivity contribution < 1.29 is 31.6 Å². The number of benzene rings is 1. The molecule has 0 saturated carbocycles. The molecule has 1 unspecified atom stereocenters. The van der Waals surface area contributed by atoms with Gasteiger partial charge in [0, 0.05) is 24.2 Å². The van der Waals surface area contributed by atoms with E-state index in [2.05, 4.69) is 15.9 Å². The molecule has 1 amide bonds. The van der Waals surface area contributed by atoms with Crippen LogP contribution in [-0.4, -0.2) is 64.2 Å². The van der Waals surface area contributed by atoms with E-state index in [0.717, 1.165) is 23.7 Å². The lowest BCUT2D eigenvalue weighted by Gasteiger charge is -2.28. The highest BCUT2D eigenvalue weighted by Crippen LogP contribution is 2.17. The van der Waals surface area contributed by atoms with Gasteiger partial charge in [-0.3, -0.25) is 4.18 Å². The minimum atomic E-state index is -3.85. The summed E-state index contributed by atoms with van der Waals surface area (Å²) in [4.78, 5) is 14.1. The van der Waals surface area contributed by atoms with E-state index in [1.165, 1.54) is 17.0 Å². The Hall–Kier alpha value is -1.20. The van der Waals surface area contributed by atoms with Crippen LogP contribution in [0.15, 0.2) is 33.6 Å². The molecule has 190 valence electrons. The third-order valence-corrected chi connectivity index (χ3v) is 6.22. The van der Waals surface area contributed by atoms with Crippen LogP contribution in [0.5, 0.6) is 0 Å². The van der Waals surface area contributed by atoms with E-state index >= 15 is 0 Å². The van der Waals surface area contributed by atoms with Gasteiger partial charge in [0.05, 0.1) is 18.1 Å². The molecular weight excluding hydrogens is 514 g/mol. The van der Waals surface area contributed by atoms with Crippen LogP contribution in [0.4, 0.5) is 4.79 Å². The van der Waals surface area contributed by atoms with E-state index in [0.29, 0.717) is 26.2 Å². The summed E-state index contributed by atoms with van der Waals surface area (Å²) >= 11 is 3.27. The molecule has 0 aromatic heterocycles. The highest BCUT2D eigenvalue weighted by molar-refractivity contribution is 9.10. The van der Waals surface area contributed by atoms with Crippen molar-refractivity contribution in [3.05, 3.63) is 28.7 Å². The Morgan fingerprint density at radius 2 is 1.79 bits per heavy atom. The number of amides is 1. The maximum absolute atomic E-state index is 12.5. The smallest absolute Gasteiger partial charge is 0.410 e. The molecule has 0 N–H and O–H groups in total. The van der Waals surface area contributed by atoms with Crippen LogP contribution in [0.25, 0.3) is 0 Å². The maximum atomic E-state index is 12.5. The van der Waals surface area contributed by atoms with Crippen molar-refractivity contribution >= 4 is 32.1 Å². The van der Waals surface area contributed by atoms with Crippen LogP contribution in [0.2, 0.25) is 0 Å². The van der Waals surface area contributed by atoms with Gasteiger partial charge in [0.1, 0.15) is 5.60 Å². The van der Waals surface area contributed by atoms with E-state index in [-0.39, 0.29) is 24.3 Å². The number of ether oxygens (including phenoxy) is 3. The molecule has 1 aromatic carbocycles. The SMILES string of the molecule is CC.CC(C)(C)OC(=O)N(CCCOS(=O)(=O)c1ccc(Br)cc1)CCOC1CCCCO1. The number of hydrogen-bond donors (Lipinski definition) is 0. The highest BCUT2D eigenvalue weighted by atomic mass is 79.9. The van der Waals surface area contributed by atoms with Gasteiger partial charge >= 0.3 is 6.09 Å². The van der Waals surface area contributed by atoms with Crippen LogP contribution >= 0.6 is 15.9 Å². The number of hydrogen-bond acceptors (Lipinski definition) is 7. The molecule has 1 heterocycles. The Morgan fingerprint density at radius 3 is 2.36 bits per heavy atom. The van der Waals surface area contributed by atoms with Crippen LogP contribution < -0.4 is 0 Å². The summed E-state index contributed by atoms with van der Waals surface area (Å²) in [5, 5.41) is 0. The summed E-state index contributed by atoms with van der Waals surface area (Å²) in [6.07, 6.45) is 2.55. The fourth-order valence-corrected chi connectivity index (χ4v) is 4.06. The van der Waals surface area contributed by atoms with Gasteiger partial charge in [0.2, 0.25) is 0 Å². The first-order chi connectivity index (χ1) is 15.6. The van der Waals surface area contributed by atoms with Crippen molar-refractivity contribution in [2.75, 3.05) is 32.9 Å². The second-order valence-electron chi connectivity index (χ2n) is 8.22. The van der Waals surface area contributed by atoms with Gasteiger partial charge in [0.15, 0.2) is 6.29 Å². The molecule has 1 atom stereocenters. The molecule has 2 rings (SSSR count). The molecular formula is C23H38BrNO7S. The van der Waals surface area contributed by atoms with Crippen LogP contribution in [-0.2, 0) is 28.5 Å². The lowest BCUT2D eigenvalue weighted by atomic mass is 10.2. The number of carbonyl (C=O) groups excluding carboxylic acids is 1. The van der Waals surface area contributed by atoms with Gasteiger partial charge in [0.25, 0.3) is 10.1 Å². The number of halogens is 1. The standard InChI is InChI=1S/C21H32BrNO7S.C2H6/c1-21(2,3)30-20(24)23(13-16-28-19-7-4-5-14-27-19)12-6-15-29-31(25,26)18-10-8-17(22)9-11-18;1-2/h8-11,19H,4-7,12-16H2,1-3H3;1-2H3. The summed E-state index contributed by atoms with van der Waals surface area (Å²) in [5.41, 5.74) is -0.635. The van der Waals surface area contributed by atoms with Gasteiger partial charge in [-0.25, -0.2) is 4.79 Å². The van der Waals surface area contributed by atoms with Gasteiger partial charge < -0.3 is 19.1 Å². The normalized spacial score (nSPS) is 16.5. The monoisotopic (exact) mass is 551 g/mol. The zero-order valence-corrected chi connectivity index (χ0v) is 22.7. The van der Waals surface area contributed by atoms with Gasteiger partial charge in [-0.15, -0.1) is 0 Å². The quantitative estimate of drug-likeness (QED) is 0.285. The third-order valence-electron chi connectivity index (χ3n) is 4.37. The summed E-state index contributed by atoms with van der Waals surface area (Å²) in [6, 6.07) is 6.21. The van der Waals surface area contributed by atoms with Crippen LogP contribution in [0.3, 0.4) is 0 Å². The topological polar surface area (TPSA) is 91.4 Å². The largest absolute Gasteiger partial charge is 0.444 e. The Kier molecular flexibility index (Phi) is 13.5. The molecule has 1 aromatic rings. The summed E-state index contributed by atoms with van der Waals surface area (Å²) in [7, 11) is -3.85. The molecule has 0 radical (unpaired) electrons. The summed E-state index contributed by atoms with van der Waals surface area (Å²) < 4.78 is 47.2. The minimum absolute atomic E-state index is 0.0513. The van der Waals surface area contributed by atoms with Crippen molar-refractivity contribution in [3.8, 4) is 0 Å². The second-order valence-corrected chi connectivity index (χ2v) is 10.7. The third kappa shape index (κ3) is 12.2. The van der Waals surface area contributed by atoms with E-state index in [1.807, 2.05) is 13.8 Å². The number of nitrogens with zero attached hydrogens (tertiary/aromatic N) is 1. The van der Waals surface area contributed by atoms with Crippen LogP contribution in [0.1, 0.15) is 60.3 Å². The maximum Gasteiger partial charge on any atom is 0.410 e. The summed E-state index contributed by atoms with van der Waals surface area (Å²) in [5.74, 6) is 0. The van der Waals surface area contributed by atoms with Crippen LogP contribution in [0, 0.1) is 0 Å². The van der Waals surface area contributed by atoms with Crippen molar-refractivity contribution in [2.24, 2.45) is 0 Å². The Balaban J connectivity index is 0.00000265. The second kappa shape index (κ2) is 14.9. The molecule has 1 saturated heterocycles. The molecule has 8 nitrogen and oxygen atoms in total. The fourth-order valence-electron chi connectivity index (χ4n) is 2.85. The lowest BCUT2D eigenvalue weighted by molar-refractivity contribution is -0.164. The number of rotatable bonds is 10. The van der Waals surface area contributed by atoms with Gasteiger partial charge in [-0.2, -0.15) is 8.42 Å². The van der Waals surface area contributed by atoms with Gasteiger partial charge in [-0.1, -0.05) is 29.8 Å². The molecule has 0 bridgehead atoms. The van der Waals surface area contributed by atoms with Crippen molar-refractivity contribution in [1.82, 2.24) is 4.90 Å². The first-order valence-electron chi connectivity index (χ1n) is 11.4. The molecule has 10 heteroatoms. The average Bonchev–Trinajstić information content (AvgIpc) is 2.76. The molecule has 33 heavy (non-hydrogen) atoms. The predicted molar refractivity (Wildman–Crippen MR) is 131 cm³/mol.